The van der Waals surface area contributed by atoms with Gasteiger partial charge in [0.1, 0.15) is 11.6 Å². The summed E-state index contributed by atoms with van der Waals surface area (Å²) < 4.78 is 26.4. The third-order valence-electron chi connectivity index (χ3n) is 4.25. The maximum atomic E-state index is 13.2. The van der Waals surface area contributed by atoms with Gasteiger partial charge in [-0.15, -0.1) is 0 Å². The number of hydrogen-bond acceptors (Lipinski definition) is 1. The average molecular weight is 267 g/mol. The third-order valence-corrected chi connectivity index (χ3v) is 4.25. The fourth-order valence-corrected chi connectivity index (χ4v) is 3.09. The van der Waals surface area contributed by atoms with Crippen molar-refractivity contribution >= 4 is 0 Å². The molecular weight excluding hydrogens is 244 g/mol. The molecule has 2 atom stereocenters. The van der Waals surface area contributed by atoms with Crippen molar-refractivity contribution < 1.29 is 8.78 Å². The van der Waals surface area contributed by atoms with Gasteiger partial charge in [0.05, 0.1) is 0 Å². The summed E-state index contributed by atoms with van der Waals surface area (Å²) in [6.07, 6.45) is 6.48. The lowest BCUT2D eigenvalue weighted by molar-refractivity contribution is 0.268. The quantitative estimate of drug-likeness (QED) is 0.841. The molecule has 0 aromatic heterocycles. The fourth-order valence-electron chi connectivity index (χ4n) is 3.09. The fraction of sp³-hybridized carbons (Fsp3) is 0.625. The van der Waals surface area contributed by atoms with Gasteiger partial charge in [0.15, 0.2) is 0 Å². The molecule has 0 bridgehead atoms. The van der Waals surface area contributed by atoms with Gasteiger partial charge in [-0.25, -0.2) is 8.78 Å². The van der Waals surface area contributed by atoms with Crippen molar-refractivity contribution in [2.24, 2.45) is 5.92 Å². The van der Waals surface area contributed by atoms with Gasteiger partial charge in [-0.05, 0) is 50.3 Å². The van der Waals surface area contributed by atoms with E-state index in [2.05, 4.69) is 12.2 Å². The first-order valence-corrected chi connectivity index (χ1v) is 7.28. The van der Waals surface area contributed by atoms with Crippen LogP contribution in [0.25, 0.3) is 0 Å². The first-order valence-electron chi connectivity index (χ1n) is 7.28. The second-order valence-electron chi connectivity index (χ2n) is 5.78. The zero-order valence-corrected chi connectivity index (χ0v) is 11.8. The number of nitrogens with one attached hydrogen (secondary N) is 1. The molecule has 106 valence electrons. The molecule has 19 heavy (non-hydrogen) atoms. The maximum absolute atomic E-state index is 13.2. The van der Waals surface area contributed by atoms with Crippen LogP contribution in [0.3, 0.4) is 0 Å². The Morgan fingerprint density at radius 2 is 1.58 bits per heavy atom. The highest BCUT2D eigenvalue weighted by Crippen LogP contribution is 2.27. The maximum Gasteiger partial charge on any atom is 0.126 e. The van der Waals surface area contributed by atoms with Crippen LogP contribution in [-0.4, -0.2) is 6.04 Å². The number of benzene rings is 1. The Balaban J connectivity index is 1.97. The molecule has 0 radical (unpaired) electrons. The summed E-state index contributed by atoms with van der Waals surface area (Å²) in [4.78, 5) is 0. The van der Waals surface area contributed by atoms with E-state index >= 15 is 0 Å². The van der Waals surface area contributed by atoms with Crippen molar-refractivity contribution in [3.05, 3.63) is 35.4 Å². The Kier molecular flexibility index (Phi) is 4.92. The second-order valence-corrected chi connectivity index (χ2v) is 5.78. The van der Waals surface area contributed by atoms with Crippen LogP contribution in [0.15, 0.2) is 18.2 Å². The van der Waals surface area contributed by atoms with Gasteiger partial charge in [0, 0.05) is 18.2 Å². The molecule has 0 saturated heterocycles. The highest BCUT2D eigenvalue weighted by molar-refractivity contribution is 5.21. The zero-order chi connectivity index (χ0) is 13.8. The van der Waals surface area contributed by atoms with Crippen molar-refractivity contribution in [1.29, 1.82) is 0 Å². The normalized spacial score (nSPS) is 20.2. The summed E-state index contributed by atoms with van der Waals surface area (Å²) in [5.41, 5.74) is 0.681. The molecule has 1 aliphatic rings. The van der Waals surface area contributed by atoms with E-state index in [0.717, 1.165) is 6.07 Å². The van der Waals surface area contributed by atoms with E-state index in [9.17, 15) is 8.78 Å². The SMILES string of the molecule is CC(N[C@H](C)C1CCCCC1)c1cc(F)cc(F)c1. The Morgan fingerprint density at radius 1 is 1.00 bits per heavy atom. The van der Waals surface area contributed by atoms with Gasteiger partial charge in [0.2, 0.25) is 0 Å². The number of hydrogen-bond donors (Lipinski definition) is 1. The van der Waals surface area contributed by atoms with Crippen molar-refractivity contribution in [2.45, 2.75) is 58.0 Å². The van der Waals surface area contributed by atoms with E-state index in [0.29, 0.717) is 17.5 Å². The smallest absolute Gasteiger partial charge is 0.126 e. The molecule has 1 unspecified atom stereocenters. The molecule has 1 saturated carbocycles. The predicted octanol–water partition coefficient (Wildman–Crippen LogP) is 4.58. The molecule has 1 aromatic carbocycles. The largest absolute Gasteiger partial charge is 0.307 e. The summed E-state index contributed by atoms with van der Waals surface area (Å²) in [5, 5.41) is 3.49. The van der Waals surface area contributed by atoms with Crippen molar-refractivity contribution in [1.82, 2.24) is 5.32 Å². The van der Waals surface area contributed by atoms with Gasteiger partial charge < -0.3 is 5.32 Å². The molecule has 0 heterocycles. The summed E-state index contributed by atoms with van der Waals surface area (Å²) in [5.74, 6) is -0.322. The lowest BCUT2D eigenvalue weighted by atomic mass is 9.84. The Bertz CT molecular complexity index is 393. The zero-order valence-electron chi connectivity index (χ0n) is 11.8. The van der Waals surface area contributed by atoms with Gasteiger partial charge in [-0.1, -0.05) is 19.3 Å². The van der Waals surface area contributed by atoms with Crippen molar-refractivity contribution in [3.8, 4) is 0 Å². The van der Waals surface area contributed by atoms with Crippen LogP contribution < -0.4 is 5.32 Å². The molecular formula is C16H23F2N. The Labute approximate surface area is 114 Å². The van der Waals surface area contributed by atoms with Gasteiger partial charge in [-0.2, -0.15) is 0 Å². The summed E-state index contributed by atoms with van der Waals surface area (Å²) in [7, 11) is 0. The highest BCUT2D eigenvalue weighted by Gasteiger charge is 2.21. The minimum Gasteiger partial charge on any atom is -0.307 e. The minimum atomic E-state index is -0.506. The van der Waals surface area contributed by atoms with E-state index < -0.39 is 11.6 Å². The number of halogens is 2. The number of rotatable bonds is 4. The molecule has 1 nitrogen and oxygen atoms in total. The molecule has 3 heteroatoms. The summed E-state index contributed by atoms with van der Waals surface area (Å²) in [6, 6.07) is 4.10. The van der Waals surface area contributed by atoms with Crippen LogP contribution in [-0.2, 0) is 0 Å². The first-order chi connectivity index (χ1) is 9.06. The molecule has 1 fully saturated rings. The van der Waals surface area contributed by atoms with Crippen LogP contribution in [0, 0.1) is 17.6 Å². The second kappa shape index (κ2) is 6.47. The van der Waals surface area contributed by atoms with Crippen LogP contribution in [0.5, 0.6) is 0 Å². The van der Waals surface area contributed by atoms with Crippen LogP contribution in [0.2, 0.25) is 0 Å². The minimum absolute atomic E-state index is 0.0258. The molecule has 0 aliphatic heterocycles. The van der Waals surface area contributed by atoms with Gasteiger partial charge in [0.25, 0.3) is 0 Å². The van der Waals surface area contributed by atoms with Crippen LogP contribution >= 0.6 is 0 Å². The van der Waals surface area contributed by atoms with E-state index in [-0.39, 0.29) is 6.04 Å². The highest BCUT2D eigenvalue weighted by atomic mass is 19.1. The monoisotopic (exact) mass is 267 g/mol. The van der Waals surface area contributed by atoms with E-state index in [1.165, 1.54) is 44.2 Å². The summed E-state index contributed by atoms with van der Waals surface area (Å²) >= 11 is 0. The van der Waals surface area contributed by atoms with Crippen LogP contribution in [0.4, 0.5) is 8.78 Å². The Morgan fingerprint density at radius 3 is 2.16 bits per heavy atom. The van der Waals surface area contributed by atoms with E-state index in [1.807, 2.05) is 6.92 Å². The molecule has 0 amide bonds. The van der Waals surface area contributed by atoms with Crippen LogP contribution in [0.1, 0.15) is 57.6 Å². The lowest BCUT2D eigenvalue weighted by Gasteiger charge is -2.30. The third kappa shape index (κ3) is 4.00. The molecule has 1 aliphatic carbocycles. The van der Waals surface area contributed by atoms with E-state index in [1.54, 1.807) is 0 Å². The average Bonchev–Trinajstić information content (AvgIpc) is 2.38. The van der Waals surface area contributed by atoms with Crippen molar-refractivity contribution in [3.63, 3.8) is 0 Å². The predicted molar refractivity (Wildman–Crippen MR) is 73.9 cm³/mol. The van der Waals surface area contributed by atoms with Crippen molar-refractivity contribution in [2.75, 3.05) is 0 Å². The van der Waals surface area contributed by atoms with Gasteiger partial charge >= 0.3 is 0 Å². The standard InChI is InChI=1S/C16H23F2N/c1-11(13-6-4-3-5-7-13)19-12(2)14-8-15(17)10-16(18)9-14/h8-13,19H,3-7H2,1-2H3/t11-,12?/m1/s1. The topological polar surface area (TPSA) is 12.0 Å². The molecule has 2 rings (SSSR count). The molecule has 1 aromatic rings. The lowest BCUT2D eigenvalue weighted by Crippen LogP contribution is -2.36. The molecule has 0 spiro atoms. The summed E-state index contributed by atoms with van der Waals surface area (Å²) in [6.45, 7) is 4.15. The molecule has 1 N–H and O–H groups in total. The van der Waals surface area contributed by atoms with E-state index in [4.69, 9.17) is 0 Å². The Hall–Kier alpha value is -0.960. The van der Waals surface area contributed by atoms with Gasteiger partial charge in [-0.3, -0.25) is 0 Å². The first kappa shape index (κ1) is 14.4.